The zero-order chi connectivity index (χ0) is 15.4. The predicted molar refractivity (Wildman–Crippen MR) is 79.9 cm³/mol. The molecule has 0 aliphatic carbocycles. The van der Waals surface area contributed by atoms with Crippen LogP contribution < -0.4 is 10.2 Å². The summed E-state index contributed by atoms with van der Waals surface area (Å²) in [5, 5.41) is 11.3. The molecule has 0 saturated carbocycles. The van der Waals surface area contributed by atoms with Crippen molar-refractivity contribution in [3.63, 3.8) is 0 Å². The van der Waals surface area contributed by atoms with Crippen molar-refractivity contribution in [3.05, 3.63) is 53.6 Å². The highest BCUT2D eigenvalue weighted by atomic mass is 16.6. The smallest absolute Gasteiger partial charge is 0.271 e. The van der Waals surface area contributed by atoms with E-state index in [1.54, 1.807) is 31.5 Å². The molecule has 0 aliphatic heterocycles. The molecule has 3 aromatic rings. The van der Waals surface area contributed by atoms with Gasteiger partial charge in [0.1, 0.15) is 16.8 Å². The summed E-state index contributed by atoms with van der Waals surface area (Å²) in [7, 11) is 1.60. The van der Waals surface area contributed by atoms with E-state index in [9.17, 15) is 4.79 Å². The molecule has 110 valence electrons. The third-order valence-corrected chi connectivity index (χ3v) is 3.01. The molecule has 22 heavy (non-hydrogen) atoms. The Balaban J connectivity index is 1.66. The Morgan fingerprint density at radius 2 is 1.95 bits per heavy atom. The summed E-state index contributed by atoms with van der Waals surface area (Å²) in [6, 6.07) is 12.2. The van der Waals surface area contributed by atoms with Crippen LogP contribution in [0.2, 0.25) is 0 Å². The molecule has 2 aromatic carbocycles. The number of benzene rings is 2. The quantitative estimate of drug-likeness (QED) is 0.587. The van der Waals surface area contributed by atoms with Gasteiger partial charge in [-0.25, -0.2) is 10.1 Å². The minimum Gasteiger partial charge on any atom is -0.497 e. The molecule has 0 atom stereocenters. The monoisotopic (exact) mass is 296 g/mol. The van der Waals surface area contributed by atoms with Gasteiger partial charge in [-0.2, -0.15) is 5.10 Å². The highest BCUT2D eigenvalue weighted by Crippen LogP contribution is 2.12. The molecule has 0 unspecified atom stereocenters. The first kappa shape index (κ1) is 13.7. The maximum Gasteiger partial charge on any atom is 0.271 e. The van der Waals surface area contributed by atoms with Crippen molar-refractivity contribution < 1.29 is 14.2 Å². The number of carbonyl (C=O) groups is 1. The Kier molecular flexibility index (Phi) is 3.78. The van der Waals surface area contributed by atoms with Gasteiger partial charge in [0, 0.05) is 5.56 Å². The maximum absolute atomic E-state index is 12.0. The van der Waals surface area contributed by atoms with E-state index < -0.39 is 0 Å². The molecular weight excluding hydrogens is 284 g/mol. The standard InChI is InChI=1S/C15H12N4O3/c1-21-12-5-2-10(3-6-12)9-16-17-15(20)11-4-7-13-14(8-11)19-22-18-13/h2-9H,1H3,(H,17,20). The second-order valence-electron chi connectivity index (χ2n) is 4.44. The summed E-state index contributed by atoms with van der Waals surface area (Å²) in [5.41, 5.74) is 4.84. The Morgan fingerprint density at radius 3 is 2.73 bits per heavy atom. The second kappa shape index (κ2) is 6.04. The maximum atomic E-state index is 12.0. The lowest BCUT2D eigenvalue weighted by molar-refractivity contribution is 0.0955. The van der Waals surface area contributed by atoms with E-state index in [4.69, 9.17) is 4.74 Å². The summed E-state index contributed by atoms with van der Waals surface area (Å²) in [4.78, 5) is 12.0. The number of hydrogen-bond donors (Lipinski definition) is 1. The van der Waals surface area contributed by atoms with Crippen molar-refractivity contribution in [1.29, 1.82) is 0 Å². The second-order valence-corrected chi connectivity index (χ2v) is 4.44. The highest BCUT2D eigenvalue weighted by molar-refractivity contribution is 5.97. The Bertz CT molecular complexity index is 824. The number of ether oxygens (including phenoxy) is 1. The van der Waals surface area contributed by atoms with Gasteiger partial charge >= 0.3 is 0 Å². The number of hydrogen-bond acceptors (Lipinski definition) is 6. The van der Waals surface area contributed by atoms with Gasteiger partial charge in [0.05, 0.1) is 13.3 Å². The average molecular weight is 296 g/mol. The van der Waals surface area contributed by atoms with Gasteiger partial charge in [-0.1, -0.05) is 0 Å². The van der Waals surface area contributed by atoms with Gasteiger partial charge in [-0.3, -0.25) is 4.79 Å². The van der Waals surface area contributed by atoms with Crippen molar-refractivity contribution in [2.24, 2.45) is 5.10 Å². The van der Waals surface area contributed by atoms with E-state index in [-0.39, 0.29) is 5.91 Å². The molecule has 1 heterocycles. The normalized spacial score (nSPS) is 11.0. The topological polar surface area (TPSA) is 89.6 Å². The van der Waals surface area contributed by atoms with Gasteiger partial charge in [-0.15, -0.1) is 0 Å². The third-order valence-electron chi connectivity index (χ3n) is 3.01. The van der Waals surface area contributed by atoms with Gasteiger partial charge < -0.3 is 4.74 Å². The Hall–Kier alpha value is -3.22. The summed E-state index contributed by atoms with van der Waals surface area (Å²) in [6.45, 7) is 0. The fourth-order valence-corrected chi connectivity index (χ4v) is 1.84. The third kappa shape index (κ3) is 2.93. The molecule has 0 aliphatic rings. The molecule has 1 N–H and O–H groups in total. The zero-order valence-corrected chi connectivity index (χ0v) is 11.7. The molecule has 1 amide bonds. The summed E-state index contributed by atoms with van der Waals surface area (Å²) in [6.07, 6.45) is 1.55. The van der Waals surface area contributed by atoms with Crippen LogP contribution in [0.15, 0.2) is 52.2 Å². The number of aromatic nitrogens is 2. The first-order valence-electron chi connectivity index (χ1n) is 6.46. The number of nitrogens with one attached hydrogen (secondary N) is 1. The minimum atomic E-state index is -0.338. The number of fused-ring (bicyclic) bond motifs is 1. The molecule has 0 spiro atoms. The molecule has 7 nitrogen and oxygen atoms in total. The lowest BCUT2D eigenvalue weighted by Crippen LogP contribution is -2.17. The van der Waals surface area contributed by atoms with Crippen molar-refractivity contribution in [1.82, 2.24) is 15.7 Å². The van der Waals surface area contributed by atoms with Crippen LogP contribution in [0, 0.1) is 0 Å². The number of methoxy groups -OCH3 is 1. The molecule has 0 fully saturated rings. The number of carbonyl (C=O) groups excluding carboxylic acids is 1. The first-order valence-corrected chi connectivity index (χ1v) is 6.46. The van der Waals surface area contributed by atoms with Crippen LogP contribution in [-0.2, 0) is 0 Å². The van der Waals surface area contributed by atoms with Crippen molar-refractivity contribution in [2.45, 2.75) is 0 Å². The Labute approximate surface area is 125 Å². The van der Waals surface area contributed by atoms with Crippen LogP contribution in [0.25, 0.3) is 11.0 Å². The molecule has 0 saturated heterocycles. The van der Waals surface area contributed by atoms with Crippen molar-refractivity contribution >= 4 is 23.2 Å². The number of hydrazone groups is 1. The van der Waals surface area contributed by atoms with Crippen LogP contribution in [0.5, 0.6) is 5.75 Å². The number of amides is 1. The molecular formula is C15H12N4O3. The molecule has 0 radical (unpaired) electrons. The summed E-state index contributed by atoms with van der Waals surface area (Å²) < 4.78 is 9.65. The number of nitrogens with zero attached hydrogens (tertiary/aromatic N) is 3. The SMILES string of the molecule is COc1ccc(C=NNC(=O)c2ccc3nonc3c2)cc1. The van der Waals surface area contributed by atoms with Crippen LogP contribution >= 0.6 is 0 Å². The fraction of sp³-hybridized carbons (Fsp3) is 0.0667. The van der Waals surface area contributed by atoms with E-state index in [0.717, 1.165) is 11.3 Å². The lowest BCUT2D eigenvalue weighted by Gasteiger charge is -2.00. The molecule has 1 aromatic heterocycles. The zero-order valence-electron chi connectivity index (χ0n) is 11.7. The van der Waals surface area contributed by atoms with E-state index in [1.807, 2.05) is 24.3 Å². The van der Waals surface area contributed by atoms with E-state index in [0.29, 0.717) is 16.6 Å². The molecule has 0 bridgehead atoms. The first-order chi connectivity index (χ1) is 10.8. The van der Waals surface area contributed by atoms with Crippen molar-refractivity contribution in [2.75, 3.05) is 7.11 Å². The lowest BCUT2D eigenvalue weighted by atomic mass is 10.2. The average Bonchev–Trinajstić information content (AvgIpc) is 3.03. The number of rotatable bonds is 4. The van der Waals surface area contributed by atoms with Crippen LogP contribution in [0.4, 0.5) is 0 Å². The largest absolute Gasteiger partial charge is 0.497 e. The molecule has 7 heteroatoms. The summed E-state index contributed by atoms with van der Waals surface area (Å²) in [5.74, 6) is 0.422. The molecule has 3 rings (SSSR count). The fourth-order valence-electron chi connectivity index (χ4n) is 1.84. The Morgan fingerprint density at radius 1 is 1.18 bits per heavy atom. The van der Waals surface area contributed by atoms with Gasteiger partial charge in [0.25, 0.3) is 5.91 Å². The highest BCUT2D eigenvalue weighted by Gasteiger charge is 2.07. The van der Waals surface area contributed by atoms with Gasteiger partial charge in [0.15, 0.2) is 0 Å². The van der Waals surface area contributed by atoms with Crippen LogP contribution in [0.1, 0.15) is 15.9 Å². The van der Waals surface area contributed by atoms with Crippen LogP contribution in [0.3, 0.4) is 0 Å². The van der Waals surface area contributed by atoms with Gasteiger partial charge in [0.2, 0.25) is 0 Å². The predicted octanol–water partition coefficient (Wildman–Crippen LogP) is 2.00. The minimum absolute atomic E-state index is 0.338. The van der Waals surface area contributed by atoms with E-state index in [1.165, 1.54) is 0 Å². The van der Waals surface area contributed by atoms with Crippen molar-refractivity contribution in [3.8, 4) is 5.75 Å². The van der Waals surface area contributed by atoms with Gasteiger partial charge in [-0.05, 0) is 58.3 Å². The van der Waals surface area contributed by atoms with E-state index in [2.05, 4.69) is 25.5 Å². The van der Waals surface area contributed by atoms with Crippen LogP contribution in [-0.4, -0.2) is 29.5 Å². The van der Waals surface area contributed by atoms with E-state index >= 15 is 0 Å². The summed E-state index contributed by atoms with van der Waals surface area (Å²) >= 11 is 0.